The molecule has 0 N–H and O–H groups in total. The van der Waals surface area contributed by atoms with Crippen molar-refractivity contribution in [3.63, 3.8) is 0 Å². The van der Waals surface area contributed by atoms with Crippen molar-refractivity contribution in [3.8, 4) is 5.75 Å². The number of hydrogen-bond donors (Lipinski definition) is 0. The summed E-state index contributed by atoms with van der Waals surface area (Å²) in [5.74, 6) is 0.931. The standard InChI is InChI=1S/C23H37N3O2/c1-19-9-7-16-25(19)17-8-18-28-22-12-10-21(11-13-22)23(24-27-3)20(2)26-14-5-4-6-15-26/h10-13,19-20H,4-9,14-18H2,1-3H3/b24-23-. The molecule has 0 bridgehead atoms. The van der Waals surface area contributed by atoms with Crippen LogP contribution < -0.4 is 4.74 Å². The zero-order valence-electron chi connectivity index (χ0n) is 17.9. The first-order valence-electron chi connectivity index (χ1n) is 11.0. The van der Waals surface area contributed by atoms with Crippen molar-refractivity contribution in [1.29, 1.82) is 0 Å². The Morgan fingerprint density at radius 2 is 1.86 bits per heavy atom. The zero-order chi connectivity index (χ0) is 19.8. The summed E-state index contributed by atoms with van der Waals surface area (Å²) in [5, 5.41) is 4.35. The van der Waals surface area contributed by atoms with Crippen LogP contribution in [0.3, 0.4) is 0 Å². The Bertz CT molecular complexity index is 611. The van der Waals surface area contributed by atoms with Gasteiger partial charge in [-0.2, -0.15) is 0 Å². The number of nitrogens with zero attached hydrogens (tertiary/aromatic N) is 3. The SMILES string of the molecule is CO/N=C(\c1ccc(OCCCN2CCCC2C)cc1)C(C)N1CCCCC1. The van der Waals surface area contributed by atoms with E-state index >= 15 is 0 Å². The average molecular weight is 388 g/mol. The first-order valence-corrected chi connectivity index (χ1v) is 11.0. The molecule has 0 aromatic heterocycles. The Labute approximate surface area is 170 Å². The van der Waals surface area contributed by atoms with Crippen LogP contribution in [-0.4, -0.2) is 67.5 Å². The second-order valence-electron chi connectivity index (χ2n) is 8.19. The lowest BCUT2D eigenvalue weighted by molar-refractivity contribution is 0.190. The maximum Gasteiger partial charge on any atom is 0.119 e. The minimum atomic E-state index is 0.259. The average Bonchev–Trinajstić information content (AvgIpc) is 3.15. The molecule has 28 heavy (non-hydrogen) atoms. The van der Waals surface area contributed by atoms with Crippen LogP contribution in [0.5, 0.6) is 5.75 Å². The molecule has 2 aliphatic rings. The van der Waals surface area contributed by atoms with Gasteiger partial charge in [-0.1, -0.05) is 11.6 Å². The van der Waals surface area contributed by atoms with Crippen LogP contribution in [0, 0.1) is 0 Å². The van der Waals surface area contributed by atoms with E-state index < -0.39 is 0 Å². The number of oxime groups is 1. The molecular weight excluding hydrogens is 350 g/mol. The molecular formula is C23H37N3O2. The van der Waals surface area contributed by atoms with Gasteiger partial charge in [0.1, 0.15) is 18.6 Å². The van der Waals surface area contributed by atoms with Crippen molar-refractivity contribution < 1.29 is 9.57 Å². The largest absolute Gasteiger partial charge is 0.494 e. The summed E-state index contributed by atoms with van der Waals surface area (Å²) in [4.78, 5) is 10.2. The van der Waals surface area contributed by atoms with Crippen LogP contribution in [-0.2, 0) is 4.84 Å². The van der Waals surface area contributed by atoms with E-state index in [0.29, 0.717) is 0 Å². The lowest BCUT2D eigenvalue weighted by Crippen LogP contribution is -2.42. The van der Waals surface area contributed by atoms with Gasteiger partial charge < -0.3 is 14.5 Å². The lowest BCUT2D eigenvalue weighted by atomic mass is 10.0. The second-order valence-corrected chi connectivity index (χ2v) is 8.19. The van der Waals surface area contributed by atoms with Crippen molar-refractivity contribution in [2.75, 3.05) is 39.9 Å². The Balaban J connectivity index is 1.51. The van der Waals surface area contributed by atoms with Crippen molar-refractivity contribution in [2.24, 2.45) is 5.16 Å². The molecule has 2 saturated heterocycles. The van der Waals surface area contributed by atoms with Crippen molar-refractivity contribution in [2.45, 2.75) is 64.5 Å². The molecule has 2 atom stereocenters. The fraction of sp³-hybridized carbons (Fsp3) is 0.696. The summed E-state index contributed by atoms with van der Waals surface area (Å²) in [5.41, 5.74) is 2.11. The maximum absolute atomic E-state index is 5.96. The van der Waals surface area contributed by atoms with Gasteiger partial charge >= 0.3 is 0 Å². The molecule has 1 aromatic carbocycles. The number of piperidine rings is 1. The van der Waals surface area contributed by atoms with E-state index in [0.717, 1.165) is 55.7 Å². The van der Waals surface area contributed by atoms with E-state index in [2.05, 4.69) is 53.1 Å². The molecule has 5 heteroatoms. The molecule has 0 saturated carbocycles. The molecule has 1 aromatic rings. The molecule has 2 heterocycles. The topological polar surface area (TPSA) is 37.3 Å². The highest BCUT2D eigenvalue weighted by Crippen LogP contribution is 2.20. The second kappa shape index (κ2) is 10.8. The summed E-state index contributed by atoms with van der Waals surface area (Å²) < 4.78 is 5.96. The van der Waals surface area contributed by atoms with E-state index in [1.165, 1.54) is 38.6 Å². The quantitative estimate of drug-likeness (QED) is 0.362. The summed E-state index contributed by atoms with van der Waals surface area (Å²) >= 11 is 0. The van der Waals surface area contributed by atoms with Crippen LogP contribution in [0.25, 0.3) is 0 Å². The Morgan fingerprint density at radius 1 is 1.11 bits per heavy atom. The normalized spacial score (nSPS) is 23.0. The van der Waals surface area contributed by atoms with Gasteiger partial charge in [0.25, 0.3) is 0 Å². The minimum Gasteiger partial charge on any atom is -0.494 e. The van der Waals surface area contributed by atoms with E-state index in [-0.39, 0.29) is 6.04 Å². The fourth-order valence-corrected chi connectivity index (χ4v) is 4.45. The van der Waals surface area contributed by atoms with E-state index in [1.807, 2.05) is 0 Å². The summed E-state index contributed by atoms with van der Waals surface area (Å²) in [6.07, 6.45) is 7.63. The molecule has 3 rings (SSSR count). The van der Waals surface area contributed by atoms with Crippen molar-refractivity contribution in [3.05, 3.63) is 29.8 Å². The Morgan fingerprint density at radius 3 is 2.50 bits per heavy atom. The molecule has 0 spiro atoms. The lowest BCUT2D eigenvalue weighted by Gasteiger charge is -2.32. The fourth-order valence-electron chi connectivity index (χ4n) is 4.45. The molecule has 2 unspecified atom stereocenters. The molecule has 156 valence electrons. The Hall–Kier alpha value is -1.59. The number of ether oxygens (including phenoxy) is 1. The van der Waals surface area contributed by atoms with Gasteiger partial charge in [-0.15, -0.1) is 0 Å². The van der Waals surface area contributed by atoms with Crippen LogP contribution in [0.15, 0.2) is 29.4 Å². The molecule has 0 radical (unpaired) electrons. The van der Waals surface area contributed by atoms with Gasteiger partial charge in [-0.3, -0.25) is 4.90 Å². The Kier molecular flexibility index (Phi) is 8.16. The smallest absolute Gasteiger partial charge is 0.119 e. The van der Waals surface area contributed by atoms with Gasteiger partial charge in [-0.05, 0) is 89.9 Å². The third kappa shape index (κ3) is 5.71. The van der Waals surface area contributed by atoms with E-state index in [9.17, 15) is 0 Å². The van der Waals surface area contributed by atoms with Gasteiger partial charge in [0, 0.05) is 18.2 Å². The van der Waals surface area contributed by atoms with Gasteiger partial charge in [0.2, 0.25) is 0 Å². The number of hydrogen-bond acceptors (Lipinski definition) is 5. The summed E-state index contributed by atoms with van der Waals surface area (Å²) in [7, 11) is 1.63. The first-order chi connectivity index (χ1) is 13.7. The molecule has 0 amide bonds. The maximum atomic E-state index is 5.96. The van der Waals surface area contributed by atoms with Gasteiger partial charge in [-0.25, -0.2) is 0 Å². The summed E-state index contributed by atoms with van der Waals surface area (Å²) in [6, 6.07) is 9.32. The molecule has 5 nitrogen and oxygen atoms in total. The monoisotopic (exact) mass is 387 g/mol. The minimum absolute atomic E-state index is 0.259. The van der Waals surface area contributed by atoms with Gasteiger partial charge in [0.05, 0.1) is 12.6 Å². The van der Waals surface area contributed by atoms with Gasteiger partial charge in [0.15, 0.2) is 0 Å². The number of rotatable bonds is 9. The third-order valence-corrected chi connectivity index (χ3v) is 6.22. The molecule has 0 aliphatic carbocycles. The van der Waals surface area contributed by atoms with Crippen molar-refractivity contribution >= 4 is 5.71 Å². The van der Waals surface area contributed by atoms with E-state index in [1.54, 1.807) is 7.11 Å². The third-order valence-electron chi connectivity index (χ3n) is 6.22. The number of likely N-dealkylation sites (tertiary alicyclic amines) is 2. The van der Waals surface area contributed by atoms with Crippen molar-refractivity contribution in [1.82, 2.24) is 9.80 Å². The first kappa shape index (κ1) is 21.1. The van der Waals surface area contributed by atoms with Crippen LogP contribution in [0.4, 0.5) is 0 Å². The van der Waals surface area contributed by atoms with Crippen LogP contribution >= 0.6 is 0 Å². The number of benzene rings is 1. The van der Waals surface area contributed by atoms with Crippen LogP contribution in [0.1, 0.15) is 57.9 Å². The highest BCUT2D eigenvalue weighted by Gasteiger charge is 2.23. The zero-order valence-corrected chi connectivity index (χ0v) is 17.9. The summed E-state index contributed by atoms with van der Waals surface area (Å²) in [6.45, 7) is 9.99. The van der Waals surface area contributed by atoms with Crippen LogP contribution in [0.2, 0.25) is 0 Å². The predicted molar refractivity (Wildman–Crippen MR) is 115 cm³/mol. The highest BCUT2D eigenvalue weighted by atomic mass is 16.6. The molecule has 2 aliphatic heterocycles. The van der Waals surface area contributed by atoms with E-state index in [4.69, 9.17) is 9.57 Å². The molecule has 2 fully saturated rings. The highest BCUT2D eigenvalue weighted by molar-refractivity contribution is 6.04. The predicted octanol–water partition coefficient (Wildman–Crippen LogP) is 4.16.